The lowest BCUT2D eigenvalue weighted by Crippen LogP contribution is -2.45. The van der Waals surface area contributed by atoms with Crippen molar-refractivity contribution in [2.45, 2.75) is 39.5 Å². The van der Waals surface area contributed by atoms with E-state index in [9.17, 15) is 4.79 Å². The molecule has 2 aliphatic rings. The molecule has 5 nitrogen and oxygen atoms in total. The summed E-state index contributed by atoms with van der Waals surface area (Å²) >= 11 is 0. The molecule has 4 rings (SSSR count). The first-order chi connectivity index (χ1) is 11.9. The first-order valence-electron chi connectivity index (χ1n) is 9.37. The number of aromatic nitrogens is 2. The van der Waals surface area contributed by atoms with Crippen LogP contribution < -0.4 is 5.73 Å². The molecule has 2 aromatic heterocycles. The summed E-state index contributed by atoms with van der Waals surface area (Å²) in [5.74, 6) is 2.00. The fourth-order valence-electron chi connectivity index (χ4n) is 5.08. The van der Waals surface area contributed by atoms with E-state index in [0.717, 1.165) is 30.0 Å². The number of nitrogens with zero attached hydrogens (tertiary/aromatic N) is 3. The summed E-state index contributed by atoms with van der Waals surface area (Å²) in [5.41, 5.74) is 10.5. The zero-order valence-corrected chi connectivity index (χ0v) is 15.6. The summed E-state index contributed by atoms with van der Waals surface area (Å²) in [6, 6.07) is 0. The second-order valence-corrected chi connectivity index (χ2v) is 8.25. The number of rotatable bonds is 2. The van der Waals surface area contributed by atoms with Crippen LogP contribution in [-0.4, -0.2) is 33.4 Å². The molecular weight excluding hydrogens is 312 g/mol. The molecule has 0 radical (unpaired) electrons. The number of hydrogen-bond donors (Lipinski definition) is 1. The van der Waals surface area contributed by atoms with E-state index in [-0.39, 0.29) is 5.92 Å². The van der Waals surface area contributed by atoms with Crippen molar-refractivity contribution in [3.63, 3.8) is 0 Å². The van der Waals surface area contributed by atoms with Crippen molar-refractivity contribution >= 4 is 22.6 Å². The minimum absolute atomic E-state index is 0.0831. The summed E-state index contributed by atoms with van der Waals surface area (Å²) in [7, 11) is 2.06. The maximum absolute atomic E-state index is 12.5. The summed E-state index contributed by atoms with van der Waals surface area (Å²) in [6.07, 6.45) is 6.44. The van der Waals surface area contributed by atoms with Gasteiger partial charge >= 0.3 is 0 Å². The van der Waals surface area contributed by atoms with Crippen molar-refractivity contribution in [2.24, 2.45) is 24.8 Å². The Bertz CT molecular complexity index is 824. The van der Waals surface area contributed by atoms with Crippen LogP contribution in [0.1, 0.15) is 43.7 Å². The van der Waals surface area contributed by atoms with Gasteiger partial charge in [-0.1, -0.05) is 13.8 Å². The number of carbonyl (C=O) groups is 1. The van der Waals surface area contributed by atoms with Crippen LogP contribution in [0.25, 0.3) is 11.0 Å². The third kappa shape index (κ3) is 2.43. The molecule has 2 N–H and O–H groups in total. The van der Waals surface area contributed by atoms with Gasteiger partial charge in [0.05, 0.1) is 11.9 Å². The predicted molar refractivity (Wildman–Crippen MR) is 100 cm³/mol. The van der Waals surface area contributed by atoms with Crippen LogP contribution in [0.2, 0.25) is 0 Å². The molecule has 25 heavy (non-hydrogen) atoms. The van der Waals surface area contributed by atoms with E-state index in [1.165, 1.54) is 23.8 Å². The van der Waals surface area contributed by atoms with Gasteiger partial charge in [0.25, 0.3) is 0 Å². The Kier molecular flexibility index (Phi) is 3.78. The monoisotopic (exact) mass is 340 g/mol. The van der Waals surface area contributed by atoms with Gasteiger partial charge in [-0.2, -0.15) is 0 Å². The molecule has 1 aliphatic heterocycles. The van der Waals surface area contributed by atoms with Crippen molar-refractivity contribution in [3.05, 3.63) is 23.5 Å². The lowest BCUT2D eigenvalue weighted by Gasteiger charge is -2.39. The number of fused-ring (bicyclic) bond motifs is 3. The van der Waals surface area contributed by atoms with Crippen LogP contribution in [-0.2, 0) is 11.8 Å². The van der Waals surface area contributed by atoms with Gasteiger partial charge in [0, 0.05) is 37.6 Å². The van der Waals surface area contributed by atoms with E-state index < -0.39 is 0 Å². The highest BCUT2D eigenvalue weighted by molar-refractivity contribution is 5.88. The van der Waals surface area contributed by atoms with Crippen LogP contribution in [0.3, 0.4) is 0 Å². The number of aryl methyl sites for hydroxylation is 2. The molecule has 1 aliphatic carbocycles. The number of amides is 1. The fourth-order valence-corrected chi connectivity index (χ4v) is 5.08. The number of nitrogen functional groups attached to an aromatic ring is 1. The molecule has 0 spiro atoms. The highest BCUT2D eigenvalue weighted by Gasteiger charge is 2.45. The molecule has 0 aromatic carbocycles. The van der Waals surface area contributed by atoms with Crippen molar-refractivity contribution in [1.29, 1.82) is 0 Å². The van der Waals surface area contributed by atoms with Gasteiger partial charge in [-0.25, -0.2) is 4.98 Å². The average molecular weight is 340 g/mol. The second kappa shape index (κ2) is 5.75. The number of carbonyl (C=O) groups excluding carboxylic acids is 1. The van der Waals surface area contributed by atoms with Gasteiger partial charge in [-0.3, -0.25) is 4.79 Å². The van der Waals surface area contributed by atoms with Crippen LogP contribution in [0.5, 0.6) is 0 Å². The molecule has 3 heterocycles. The van der Waals surface area contributed by atoms with Gasteiger partial charge in [-0.15, -0.1) is 0 Å². The zero-order chi connectivity index (χ0) is 17.9. The van der Waals surface area contributed by atoms with Crippen molar-refractivity contribution in [3.8, 4) is 0 Å². The Hall–Kier alpha value is -2.04. The lowest BCUT2D eigenvalue weighted by atomic mass is 9.79. The smallest absolute Gasteiger partial charge is 0.225 e. The maximum Gasteiger partial charge on any atom is 0.225 e. The molecule has 2 fully saturated rings. The molecule has 1 unspecified atom stereocenters. The van der Waals surface area contributed by atoms with Crippen molar-refractivity contribution in [1.82, 2.24) is 14.5 Å². The molecule has 3 atom stereocenters. The minimum Gasteiger partial charge on any atom is -0.397 e. The van der Waals surface area contributed by atoms with Gasteiger partial charge in [-0.05, 0) is 48.6 Å². The lowest BCUT2D eigenvalue weighted by molar-refractivity contribution is -0.136. The quantitative estimate of drug-likeness (QED) is 0.914. The highest BCUT2D eigenvalue weighted by atomic mass is 16.2. The summed E-state index contributed by atoms with van der Waals surface area (Å²) < 4.78 is 2.13. The molecule has 134 valence electrons. The standard InChI is InChI=1S/C20H28N4O/c1-11(2)20(25)24-8-13-5-6-14(9-24)18(13)15-10-23(4)19-17(15)12(3)16(21)7-22-19/h7,10-11,13-14,18H,5-6,8-9,21H2,1-4H3/t13-,14+,18?. The minimum atomic E-state index is 0.0831. The van der Waals surface area contributed by atoms with E-state index in [1.807, 2.05) is 13.8 Å². The van der Waals surface area contributed by atoms with Gasteiger partial charge < -0.3 is 15.2 Å². The van der Waals surface area contributed by atoms with E-state index in [0.29, 0.717) is 23.7 Å². The Morgan fingerprint density at radius 2 is 1.92 bits per heavy atom. The van der Waals surface area contributed by atoms with Gasteiger partial charge in [0.15, 0.2) is 0 Å². The highest BCUT2D eigenvalue weighted by Crippen LogP contribution is 2.50. The number of nitrogens with two attached hydrogens (primary N) is 1. The molecule has 2 aromatic rings. The Labute approximate surface area is 149 Å². The number of pyridine rings is 1. The third-order valence-corrected chi connectivity index (χ3v) is 6.31. The van der Waals surface area contributed by atoms with Crippen molar-refractivity contribution < 1.29 is 4.79 Å². The molecule has 2 bridgehead atoms. The predicted octanol–water partition coefficient (Wildman–Crippen LogP) is 3.07. The van der Waals surface area contributed by atoms with E-state index in [2.05, 4.69) is 34.6 Å². The van der Waals surface area contributed by atoms with E-state index in [1.54, 1.807) is 6.20 Å². The van der Waals surface area contributed by atoms with E-state index in [4.69, 9.17) is 5.73 Å². The van der Waals surface area contributed by atoms with Crippen molar-refractivity contribution in [2.75, 3.05) is 18.8 Å². The molecule has 1 saturated heterocycles. The van der Waals surface area contributed by atoms with Crippen LogP contribution >= 0.6 is 0 Å². The normalized spacial score (nSPS) is 26.0. The number of anilines is 1. The maximum atomic E-state index is 12.5. The SMILES string of the molecule is Cc1c(N)cnc2c1c(C1[C@@H]3CC[C@H]1CN(C(=O)C(C)C)C3)cn2C. The second-order valence-electron chi connectivity index (χ2n) is 8.25. The molecule has 5 heteroatoms. The van der Waals surface area contributed by atoms with E-state index >= 15 is 0 Å². The first-order valence-corrected chi connectivity index (χ1v) is 9.37. The first kappa shape index (κ1) is 16.4. The van der Waals surface area contributed by atoms with Gasteiger partial charge in [0.1, 0.15) is 5.65 Å². The molecular formula is C20H28N4O. The Balaban J connectivity index is 1.74. The van der Waals surface area contributed by atoms with Crippen LogP contribution in [0, 0.1) is 24.7 Å². The number of piperidine rings is 1. The van der Waals surface area contributed by atoms with Gasteiger partial charge in [0.2, 0.25) is 5.91 Å². The average Bonchev–Trinajstić information content (AvgIpc) is 3.03. The summed E-state index contributed by atoms with van der Waals surface area (Å²) in [4.78, 5) is 19.1. The fraction of sp³-hybridized carbons (Fsp3) is 0.600. The Morgan fingerprint density at radius 1 is 1.28 bits per heavy atom. The van der Waals surface area contributed by atoms with Crippen LogP contribution in [0.15, 0.2) is 12.4 Å². The molecule has 1 amide bonds. The Morgan fingerprint density at radius 3 is 2.52 bits per heavy atom. The number of hydrogen-bond acceptors (Lipinski definition) is 3. The number of likely N-dealkylation sites (tertiary alicyclic amines) is 1. The topological polar surface area (TPSA) is 64.2 Å². The largest absolute Gasteiger partial charge is 0.397 e. The van der Waals surface area contributed by atoms with Crippen LogP contribution in [0.4, 0.5) is 5.69 Å². The zero-order valence-electron chi connectivity index (χ0n) is 15.6. The summed E-state index contributed by atoms with van der Waals surface area (Å²) in [6.45, 7) is 7.88. The molecule has 1 saturated carbocycles. The third-order valence-electron chi connectivity index (χ3n) is 6.31. The summed E-state index contributed by atoms with van der Waals surface area (Å²) in [5, 5.41) is 1.23.